The van der Waals surface area contributed by atoms with Crippen LogP contribution >= 0.6 is 0 Å². The normalized spacial score (nSPS) is 16.0. The molecule has 0 bridgehead atoms. The second-order valence-corrected chi connectivity index (χ2v) is 4.67. The summed E-state index contributed by atoms with van der Waals surface area (Å²) in [4.78, 5) is 11.3. The summed E-state index contributed by atoms with van der Waals surface area (Å²) in [7, 11) is 1.30. The van der Waals surface area contributed by atoms with Gasteiger partial charge in [0.1, 0.15) is 18.5 Å². The first-order valence-corrected chi connectivity index (χ1v) is 6.80. The minimum absolute atomic E-state index is 0.128. The van der Waals surface area contributed by atoms with Crippen LogP contribution in [0.2, 0.25) is 0 Å². The Morgan fingerprint density at radius 3 is 2.82 bits per heavy atom. The molecule has 1 aliphatic rings. The molecule has 1 N–H and O–H groups in total. The molecule has 2 heterocycles. The molecule has 1 atom stereocenters. The van der Waals surface area contributed by atoms with E-state index in [0.717, 1.165) is 11.5 Å². The van der Waals surface area contributed by atoms with Crippen molar-refractivity contribution in [2.24, 2.45) is 0 Å². The average Bonchev–Trinajstić information content (AvgIpc) is 2.59. The lowest BCUT2D eigenvalue weighted by Crippen LogP contribution is -2.35. The highest BCUT2D eigenvalue weighted by Crippen LogP contribution is 2.30. The number of para-hydroxylation sites is 2. The van der Waals surface area contributed by atoms with Crippen molar-refractivity contribution in [3.8, 4) is 11.5 Å². The molecule has 0 saturated heterocycles. The highest BCUT2D eigenvalue weighted by Gasteiger charge is 2.20. The maximum Gasteiger partial charge on any atom is 0.358 e. The monoisotopic (exact) mass is 301 g/mol. The van der Waals surface area contributed by atoms with Gasteiger partial charge in [-0.2, -0.15) is 0 Å². The minimum atomic E-state index is -0.514. The van der Waals surface area contributed by atoms with E-state index in [-0.39, 0.29) is 11.8 Å². The molecule has 1 aromatic heterocycles. The standard InChI is InChI=1S/C15H15N3O4/c1-20-15(19)11-6-7-14(18-17-11)16-8-10-9-21-12-4-2-3-5-13(12)22-10/h2-7,10H,8-9H2,1H3,(H,16,18). The number of aromatic nitrogens is 2. The summed E-state index contributed by atoms with van der Waals surface area (Å²) in [6.07, 6.45) is -0.128. The van der Waals surface area contributed by atoms with Gasteiger partial charge in [0.05, 0.1) is 13.7 Å². The zero-order valence-corrected chi connectivity index (χ0v) is 12.0. The molecule has 2 aromatic rings. The Morgan fingerprint density at radius 1 is 1.27 bits per heavy atom. The Labute approximate surface area is 127 Å². The molecule has 0 spiro atoms. The summed E-state index contributed by atoms with van der Waals surface area (Å²) in [6.45, 7) is 0.971. The summed E-state index contributed by atoms with van der Waals surface area (Å²) in [5.41, 5.74) is 0.166. The van der Waals surface area contributed by atoms with Crippen LogP contribution in [-0.2, 0) is 4.74 Å². The molecule has 0 amide bonds. The molecule has 7 heteroatoms. The molecule has 0 fully saturated rings. The number of esters is 1. The number of hydrogen-bond acceptors (Lipinski definition) is 7. The van der Waals surface area contributed by atoms with Crippen molar-refractivity contribution in [3.63, 3.8) is 0 Å². The number of anilines is 1. The molecular weight excluding hydrogens is 286 g/mol. The van der Waals surface area contributed by atoms with E-state index in [9.17, 15) is 4.79 Å². The molecule has 0 saturated carbocycles. The summed E-state index contributed by atoms with van der Waals surface area (Å²) in [5, 5.41) is 10.8. The molecule has 22 heavy (non-hydrogen) atoms. The van der Waals surface area contributed by atoms with Gasteiger partial charge < -0.3 is 19.5 Å². The van der Waals surface area contributed by atoms with Gasteiger partial charge in [0.25, 0.3) is 0 Å². The summed E-state index contributed by atoms with van der Waals surface area (Å²) in [6, 6.07) is 10.8. The third kappa shape index (κ3) is 3.08. The molecule has 7 nitrogen and oxygen atoms in total. The van der Waals surface area contributed by atoms with Crippen LogP contribution in [0.3, 0.4) is 0 Å². The van der Waals surface area contributed by atoms with Gasteiger partial charge in [-0.15, -0.1) is 10.2 Å². The van der Waals surface area contributed by atoms with Crippen molar-refractivity contribution in [1.29, 1.82) is 0 Å². The van der Waals surface area contributed by atoms with Gasteiger partial charge in [0.2, 0.25) is 0 Å². The first-order valence-electron chi connectivity index (χ1n) is 6.80. The SMILES string of the molecule is COC(=O)c1ccc(NCC2COc3ccccc3O2)nn1. The van der Waals surface area contributed by atoms with Crippen molar-refractivity contribution in [3.05, 3.63) is 42.1 Å². The lowest BCUT2D eigenvalue weighted by atomic mass is 10.2. The third-order valence-corrected chi connectivity index (χ3v) is 3.14. The zero-order chi connectivity index (χ0) is 15.4. The predicted octanol–water partition coefficient (Wildman–Crippen LogP) is 1.52. The van der Waals surface area contributed by atoms with E-state index in [1.165, 1.54) is 7.11 Å². The third-order valence-electron chi connectivity index (χ3n) is 3.14. The van der Waals surface area contributed by atoms with Gasteiger partial charge in [0.15, 0.2) is 17.2 Å². The topological polar surface area (TPSA) is 82.6 Å². The van der Waals surface area contributed by atoms with E-state index in [2.05, 4.69) is 20.3 Å². The van der Waals surface area contributed by atoms with Crippen LogP contribution in [0.25, 0.3) is 0 Å². The largest absolute Gasteiger partial charge is 0.486 e. The number of benzene rings is 1. The highest BCUT2D eigenvalue weighted by atomic mass is 16.6. The number of carbonyl (C=O) groups excluding carboxylic acids is 1. The predicted molar refractivity (Wildman–Crippen MR) is 78.2 cm³/mol. The number of methoxy groups -OCH3 is 1. The van der Waals surface area contributed by atoms with Gasteiger partial charge in [0, 0.05) is 0 Å². The number of nitrogens with one attached hydrogen (secondary N) is 1. The Bertz CT molecular complexity index is 660. The highest BCUT2D eigenvalue weighted by molar-refractivity contribution is 5.86. The van der Waals surface area contributed by atoms with E-state index in [1.807, 2.05) is 24.3 Å². The second-order valence-electron chi connectivity index (χ2n) is 4.67. The fourth-order valence-electron chi connectivity index (χ4n) is 2.02. The second kappa shape index (κ2) is 6.30. The van der Waals surface area contributed by atoms with Crippen LogP contribution < -0.4 is 14.8 Å². The zero-order valence-electron chi connectivity index (χ0n) is 12.0. The fourth-order valence-corrected chi connectivity index (χ4v) is 2.02. The molecule has 0 aliphatic carbocycles. The first-order chi connectivity index (χ1) is 10.8. The van der Waals surface area contributed by atoms with Crippen LogP contribution in [0, 0.1) is 0 Å². The van der Waals surface area contributed by atoms with Crippen molar-refractivity contribution < 1.29 is 19.0 Å². The Morgan fingerprint density at radius 2 is 2.09 bits per heavy atom. The molecule has 1 unspecified atom stereocenters. The fraction of sp³-hybridized carbons (Fsp3) is 0.267. The quantitative estimate of drug-likeness (QED) is 0.857. The van der Waals surface area contributed by atoms with Crippen LogP contribution in [0.1, 0.15) is 10.5 Å². The number of carbonyl (C=O) groups is 1. The van der Waals surface area contributed by atoms with E-state index in [4.69, 9.17) is 9.47 Å². The van der Waals surface area contributed by atoms with E-state index in [1.54, 1.807) is 12.1 Å². The summed E-state index contributed by atoms with van der Waals surface area (Å²) >= 11 is 0. The smallest absolute Gasteiger partial charge is 0.358 e. The number of ether oxygens (including phenoxy) is 3. The lowest BCUT2D eigenvalue weighted by molar-refractivity contribution is 0.0592. The van der Waals surface area contributed by atoms with Crippen LogP contribution in [0.15, 0.2) is 36.4 Å². The number of fused-ring (bicyclic) bond motifs is 1. The van der Waals surface area contributed by atoms with Crippen LogP contribution in [0.4, 0.5) is 5.82 Å². The molecule has 1 aliphatic heterocycles. The van der Waals surface area contributed by atoms with E-state index >= 15 is 0 Å². The van der Waals surface area contributed by atoms with E-state index in [0.29, 0.717) is 19.0 Å². The van der Waals surface area contributed by atoms with Crippen molar-refractivity contribution in [1.82, 2.24) is 10.2 Å². The van der Waals surface area contributed by atoms with Gasteiger partial charge >= 0.3 is 5.97 Å². The Hall–Kier alpha value is -2.83. The lowest BCUT2D eigenvalue weighted by Gasteiger charge is -2.26. The van der Waals surface area contributed by atoms with Crippen LogP contribution in [-0.4, -0.2) is 42.5 Å². The average molecular weight is 301 g/mol. The molecule has 0 radical (unpaired) electrons. The van der Waals surface area contributed by atoms with Gasteiger partial charge in [-0.05, 0) is 24.3 Å². The molecule has 114 valence electrons. The van der Waals surface area contributed by atoms with Gasteiger partial charge in [-0.25, -0.2) is 4.79 Å². The summed E-state index contributed by atoms with van der Waals surface area (Å²) in [5.74, 6) is 1.52. The molecule has 3 rings (SSSR count). The number of hydrogen-bond donors (Lipinski definition) is 1. The van der Waals surface area contributed by atoms with E-state index < -0.39 is 5.97 Å². The van der Waals surface area contributed by atoms with Gasteiger partial charge in [-0.1, -0.05) is 12.1 Å². The molecular formula is C15H15N3O4. The minimum Gasteiger partial charge on any atom is -0.486 e. The Kier molecular flexibility index (Phi) is 4.04. The first kappa shape index (κ1) is 14.1. The maximum atomic E-state index is 11.3. The number of nitrogens with zero attached hydrogens (tertiary/aromatic N) is 2. The van der Waals surface area contributed by atoms with Crippen LogP contribution in [0.5, 0.6) is 11.5 Å². The number of rotatable bonds is 4. The maximum absolute atomic E-state index is 11.3. The summed E-state index contributed by atoms with van der Waals surface area (Å²) < 4.78 is 16.0. The van der Waals surface area contributed by atoms with Crippen molar-refractivity contribution in [2.45, 2.75) is 6.10 Å². The Balaban J connectivity index is 1.56. The van der Waals surface area contributed by atoms with Gasteiger partial charge in [-0.3, -0.25) is 0 Å². The molecule has 1 aromatic carbocycles. The van der Waals surface area contributed by atoms with Crippen molar-refractivity contribution >= 4 is 11.8 Å². The van der Waals surface area contributed by atoms with Crippen molar-refractivity contribution in [2.75, 3.05) is 25.6 Å².